The summed E-state index contributed by atoms with van der Waals surface area (Å²) in [6.07, 6.45) is 13.4. The third kappa shape index (κ3) is 2.85. The molecule has 4 aliphatic rings. The molecule has 2 aliphatic carbocycles. The second-order valence-corrected chi connectivity index (χ2v) is 7.96. The van der Waals surface area contributed by atoms with Gasteiger partial charge in [-0.15, -0.1) is 0 Å². The van der Waals surface area contributed by atoms with E-state index in [1.54, 1.807) is 11.9 Å². The number of aliphatic hydroxyl groups is 1. The SMILES string of the molecule is C=C1C=C2NN(C3CCCCC3)C(O)=C2N(C(C)=O)N1C1CCCCC1. The quantitative estimate of drug-likeness (QED) is 0.789. The highest BCUT2D eigenvalue weighted by Crippen LogP contribution is 2.39. The van der Waals surface area contributed by atoms with Crippen molar-refractivity contribution in [1.29, 1.82) is 0 Å². The molecule has 1 amide bonds. The minimum absolute atomic E-state index is 0.0869. The van der Waals surface area contributed by atoms with E-state index in [1.807, 2.05) is 16.1 Å². The van der Waals surface area contributed by atoms with E-state index in [1.165, 1.54) is 38.5 Å². The maximum Gasteiger partial charge on any atom is 0.242 e. The average Bonchev–Trinajstić information content (AvgIpc) is 2.98. The molecule has 0 atom stereocenters. The highest BCUT2D eigenvalue weighted by atomic mass is 16.3. The molecule has 2 saturated carbocycles. The first-order valence-electron chi connectivity index (χ1n) is 10.1. The summed E-state index contributed by atoms with van der Waals surface area (Å²) in [7, 11) is 0. The fraction of sp³-hybridized carbons (Fsp3) is 0.650. The second kappa shape index (κ2) is 6.89. The Bertz CT molecular complexity index is 657. The molecule has 4 rings (SSSR count). The number of carbonyl (C=O) groups is 1. The number of amides is 1. The van der Waals surface area contributed by atoms with Gasteiger partial charge in [0.25, 0.3) is 0 Å². The first-order chi connectivity index (χ1) is 12.6. The lowest BCUT2D eigenvalue weighted by Crippen LogP contribution is -2.52. The van der Waals surface area contributed by atoms with Crippen LogP contribution < -0.4 is 5.43 Å². The molecular weight excluding hydrogens is 328 g/mol. The predicted molar refractivity (Wildman–Crippen MR) is 100.0 cm³/mol. The number of nitrogens with zero attached hydrogens (tertiary/aromatic N) is 3. The number of rotatable bonds is 2. The van der Waals surface area contributed by atoms with Crippen LogP contribution in [-0.2, 0) is 4.79 Å². The highest BCUT2D eigenvalue weighted by Gasteiger charge is 2.43. The van der Waals surface area contributed by atoms with E-state index in [9.17, 15) is 9.90 Å². The van der Waals surface area contributed by atoms with Crippen molar-refractivity contribution in [2.45, 2.75) is 83.2 Å². The second-order valence-electron chi connectivity index (χ2n) is 7.96. The van der Waals surface area contributed by atoms with Crippen LogP contribution in [0.2, 0.25) is 0 Å². The molecule has 26 heavy (non-hydrogen) atoms. The van der Waals surface area contributed by atoms with Gasteiger partial charge >= 0.3 is 0 Å². The summed E-state index contributed by atoms with van der Waals surface area (Å²) in [6.45, 7) is 5.78. The van der Waals surface area contributed by atoms with Gasteiger partial charge in [-0.05, 0) is 31.8 Å². The highest BCUT2D eigenvalue weighted by molar-refractivity contribution is 5.77. The van der Waals surface area contributed by atoms with Crippen LogP contribution in [-0.4, -0.2) is 38.1 Å². The van der Waals surface area contributed by atoms with E-state index >= 15 is 0 Å². The molecule has 0 radical (unpaired) electrons. The summed E-state index contributed by atoms with van der Waals surface area (Å²) < 4.78 is 0. The standard InChI is InChI=1S/C20H30N4O2/c1-14-13-18-19(20(26)22(21-18)16-9-5-3-6-10-16)24(15(2)25)23(14)17-11-7-4-8-12-17/h13,16-17,21,26H,1,3-12H2,2H3. The molecule has 2 fully saturated rings. The van der Waals surface area contributed by atoms with Crippen LogP contribution in [0.4, 0.5) is 0 Å². The first-order valence-corrected chi connectivity index (χ1v) is 10.1. The maximum absolute atomic E-state index is 12.6. The number of hydrazine groups is 2. The molecule has 6 heteroatoms. The molecular formula is C20H30N4O2. The number of nitrogens with one attached hydrogen (secondary N) is 1. The number of allylic oxidation sites excluding steroid dienone is 1. The lowest BCUT2D eigenvalue weighted by molar-refractivity contribution is -0.143. The van der Waals surface area contributed by atoms with E-state index in [2.05, 4.69) is 12.0 Å². The lowest BCUT2D eigenvalue weighted by atomic mass is 9.94. The van der Waals surface area contributed by atoms with Crippen molar-refractivity contribution in [3.8, 4) is 0 Å². The molecule has 2 N–H and O–H groups in total. The van der Waals surface area contributed by atoms with Crippen molar-refractivity contribution in [2.75, 3.05) is 0 Å². The Labute approximate surface area is 155 Å². The monoisotopic (exact) mass is 358 g/mol. The zero-order valence-corrected chi connectivity index (χ0v) is 15.7. The van der Waals surface area contributed by atoms with Gasteiger partial charge in [0.2, 0.25) is 11.8 Å². The van der Waals surface area contributed by atoms with Crippen molar-refractivity contribution in [3.63, 3.8) is 0 Å². The van der Waals surface area contributed by atoms with Crippen LogP contribution in [0.1, 0.15) is 71.1 Å². The van der Waals surface area contributed by atoms with Gasteiger partial charge in [0.15, 0.2) is 5.70 Å². The van der Waals surface area contributed by atoms with Crippen molar-refractivity contribution in [2.24, 2.45) is 0 Å². The summed E-state index contributed by atoms with van der Waals surface area (Å²) in [6, 6.07) is 0.537. The van der Waals surface area contributed by atoms with E-state index in [-0.39, 0.29) is 23.9 Å². The van der Waals surface area contributed by atoms with Gasteiger partial charge in [-0.3, -0.25) is 20.2 Å². The van der Waals surface area contributed by atoms with Crippen LogP contribution in [0, 0.1) is 0 Å². The minimum Gasteiger partial charge on any atom is -0.492 e. The van der Waals surface area contributed by atoms with Crippen LogP contribution in [0.5, 0.6) is 0 Å². The van der Waals surface area contributed by atoms with E-state index < -0.39 is 0 Å². The van der Waals surface area contributed by atoms with Gasteiger partial charge in [-0.2, -0.15) is 0 Å². The molecule has 0 saturated heterocycles. The molecule has 2 aliphatic heterocycles. The molecule has 0 unspecified atom stereocenters. The van der Waals surface area contributed by atoms with Gasteiger partial charge in [0.1, 0.15) is 0 Å². The average molecular weight is 358 g/mol. The summed E-state index contributed by atoms with van der Waals surface area (Å²) in [5.74, 6) is 0.0860. The Morgan fingerprint density at radius 3 is 2.23 bits per heavy atom. The van der Waals surface area contributed by atoms with E-state index in [4.69, 9.17) is 0 Å². The Balaban J connectivity index is 1.69. The number of hydrogen-bond acceptors (Lipinski definition) is 5. The van der Waals surface area contributed by atoms with Crippen molar-refractivity contribution < 1.29 is 9.90 Å². The zero-order valence-electron chi connectivity index (χ0n) is 15.7. The fourth-order valence-electron chi connectivity index (χ4n) is 4.88. The van der Waals surface area contributed by atoms with E-state index in [0.29, 0.717) is 5.70 Å². The largest absolute Gasteiger partial charge is 0.492 e. The van der Waals surface area contributed by atoms with Gasteiger partial charge in [-0.1, -0.05) is 45.1 Å². The Morgan fingerprint density at radius 1 is 1.08 bits per heavy atom. The fourth-order valence-corrected chi connectivity index (χ4v) is 4.88. The van der Waals surface area contributed by atoms with Crippen molar-refractivity contribution in [1.82, 2.24) is 20.5 Å². The van der Waals surface area contributed by atoms with Gasteiger partial charge in [0.05, 0.1) is 23.5 Å². The minimum atomic E-state index is -0.0869. The molecule has 0 aromatic heterocycles. The van der Waals surface area contributed by atoms with Crippen LogP contribution in [0.3, 0.4) is 0 Å². The summed E-state index contributed by atoms with van der Waals surface area (Å²) in [5.41, 5.74) is 5.52. The molecule has 6 nitrogen and oxygen atoms in total. The van der Waals surface area contributed by atoms with Crippen LogP contribution in [0.25, 0.3) is 0 Å². The number of hydrogen-bond donors (Lipinski definition) is 2. The number of fused-ring (bicyclic) bond motifs is 1. The first kappa shape index (κ1) is 17.3. The van der Waals surface area contributed by atoms with Crippen molar-refractivity contribution >= 4 is 5.91 Å². The smallest absolute Gasteiger partial charge is 0.242 e. The Hall–Kier alpha value is -2.11. The van der Waals surface area contributed by atoms with Crippen LogP contribution >= 0.6 is 0 Å². The number of aliphatic hydroxyl groups excluding tert-OH is 1. The Kier molecular flexibility index (Phi) is 4.59. The Morgan fingerprint density at radius 2 is 1.65 bits per heavy atom. The molecule has 0 bridgehead atoms. The van der Waals surface area contributed by atoms with Gasteiger partial charge in [0, 0.05) is 6.92 Å². The van der Waals surface area contributed by atoms with Crippen LogP contribution in [0.15, 0.2) is 35.6 Å². The maximum atomic E-state index is 12.6. The number of carbonyl (C=O) groups excluding carboxylic acids is 1. The molecule has 0 aromatic carbocycles. The zero-order chi connectivity index (χ0) is 18.3. The summed E-state index contributed by atoms with van der Waals surface area (Å²) >= 11 is 0. The molecule has 0 aromatic rings. The third-order valence-electron chi connectivity index (χ3n) is 6.13. The molecule has 142 valence electrons. The molecule has 0 spiro atoms. The topological polar surface area (TPSA) is 59.1 Å². The third-order valence-corrected chi connectivity index (χ3v) is 6.13. The predicted octanol–water partition coefficient (Wildman–Crippen LogP) is 3.68. The van der Waals surface area contributed by atoms with Crippen molar-refractivity contribution in [3.05, 3.63) is 35.6 Å². The normalized spacial score (nSPS) is 25.3. The summed E-state index contributed by atoms with van der Waals surface area (Å²) in [4.78, 5) is 12.6. The van der Waals surface area contributed by atoms with Gasteiger partial charge in [-0.25, -0.2) is 5.01 Å². The molecule has 2 heterocycles. The van der Waals surface area contributed by atoms with E-state index in [0.717, 1.165) is 37.1 Å². The van der Waals surface area contributed by atoms with Gasteiger partial charge < -0.3 is 5.11 Å². The summed E-state index contributed by atoms with van der Waals surface area (Å²) in [5, 5.41) is 16.5. The lowest BCUT2D eigenvalue weighted by Gasteiger charge is -2.45.